The molecule has 0 radical (unpaired) electrons. The largest absolute Gasteiger partial charge is 0.390 e. The molecule has 5 nitrogen and oxygen atoms in total. The van der Waals surface area contributed by atoms with E-state index in [1.54, 1.807) is 0 Å². The molecule has 1 saturated carbocycles. The van der Waals surface area contributed by atoms with Crippen LogP contribution in [0, 0.1) is 17.8 Å². The molecule has 0 aromatic rings. The third-order valence-electron chi connectivity index (χ3n) is 4.07. The van der Waals surface area contributed by atoms with Gasteiger partial charge in [-0.05, 0) is 18.8 Å². The van der Waals surface area contributed by atoms with Crippen LogP contribution < -0.4 is 5.73 Å². The topological polar surface area (TPSA) is 83.6 Å². The van der Waals surface area contributed by atoms with E-state index in [1.807, 2.05) is 0 Å². The molecule has 3 unspecified atom stereocenters. The second kappa shape index (κ2) is 4.74. The summed E-state index contributed by atoms with van der Waals surface area (Å²) in [5.41, 5.74) is 5.30. The molecule has 0 aromatic heterocycles. The molecule has 0 spiro atoms. The highest BCUT2D eigenvalue weighted by Crippen LogP contribution is 2.44. The van der Waals surface area contributed by atoms with Gasteiger partial charge >= 0.3 is 0 Å². The normalized spacial score (nSPS) is 34.3. The van der Waals surface area contributed by atoms with Crippen molar-refractivity contribution in [1.82, 2.24) is 4.90 Å². The summed E-state index contributed by atoms with van der Waals surface area (Å²) in [7, 11) is 0. The van der Waals surface area contributed by atoms with Gasteiger partial charge in [-0.1, -0.05) is 13.3 Å². The summed E-state index contributed by atoms with van der Waals surface area (Å²) in [5.74, 6) is 0.00114. The van der Waals surface area contributed by atoms with Crippen LogP contribution in [0.15, 0.2) is 0 Å². The van der Waals surface area contributed by atoms with Gasteiger partial charge in [-0.3, -0.25) is 14.5 Å². The number of β-amino-alcohol motifs (C(OH)–C–C–N with tert-alkyl or cyclic N) is 1. The Kier molecular flexibility index (Phi) is 3.49. The van der Waals surface area contributed by atoms with E-state index in [1.165, 1.54) is 4.90 Å². The predicted octanol–water partition coefficient (Wildman–Crippen LogP) is -0.273. The Labute approximate surface area is 101 Å². The molecule has 0 bridgehead atoms. The number of aliphatic hydroxyl groups is 1. The lowest BCUT2D eigenvalue weighted by atomic mass is 10.00. The number of nitrogens with zero attached hydrogens (tertiary/aromatic N) is 1. The van der Waals surface area contributed by atoms with Crippen LogP contribution in [-0.4, -0.2) is 41.0 Å². The van der Waals surface area contributed by atoms with Crippen molar-refractivity contribution in [3.8, 4) is 0 Å². The van der Waals surface area contributed by atoms with Crippen LogP contribution in [0.5, 0.6) is 0 Å². The van der Waals surface area contributed by atoms with Crippen molar-refractivity contribution in [2.24, 2.45) is 23.5 Å². The minimum Gasteiger partial charge on any atom is -0.390 e. The van der Waals surface area contributed by atoms with Crippen LogP contribution in [0.1, 0.15) is 26.2 Å². The Hall–Kier alpha value is -0.940. The minimum atomic E-state index is -0.802. The Balaban J connectivity index is 2.06. The summed E-state index contributed by atoms with van der Waals surface area (Å²) in [6.45, 7) is 2.22. The first-order valence-corrected chi connectivity index (χ1v) is 6.31. The lowest BCUT2D eigenvalue weighted by Gasteiger charge is -2.19. The molecular weight excluding hydrogens is 220 g/mol. The summed E-state index contributed by atoms with van der Waals surface area (Å²) in [4.78, 5) is 25.3. The summed E-state index contributed by atoms with van der Waals surface area (Å²) in [6.07, 6.45) is 1.87. The smallest absolute Gasteiger partial charge is 0.233 e. The van der Waals surface area contributed by atoms with Crippen molar-refractivity contribution in [2.45, 2.75) is 32.3 Å². The van der Waals surface area contributed by atoms with Crippen LogP contribution >= 0.6 is 0 Å². The molecule has 1 saturated heterocycles. The molecule has 96 valence electrons. The van der Waals surface area contributed by atoms with Gasteiger partial charge in [-0.2, -0.15) is 0 Å². The van der Waals surface area contributed by atoms with Crippen LogP contribution in [0.2, 0.25) is 0 Å². The van der Waals surface area contributed by atoms with Gasteiger partial charge in [0.15, 0.2) is 0 Å². The highest BCUT2D eigenvalue weighted by molar-refractivity contribution is 6.05. The summed E-state index contributed by atoms with van der Waals surface area (Å²) in [5, 5.41) is 9.44. The Morgan fingerprint density at radius 2 is 1.88 bits per heavy atom. The number of imide groups is 1. The van der Waals surface area contributed by atoms with Gasteiger partial charge in [0.2, 0.25) is 11.8 Å². The highest BCUT2D eigenvalue weighted by atomic mass is 16.3. The molecule has 3 N–H and O–H groups in total. The number of hydrogen-bond acceptors (Lipinski definition) is 4. The quantitative estimate of drug-likeness (QED) is 0.662. The summed E-state index contributed by atoms with van der Waals surface area (Å²) < 4.78 is 0. The third-order valence-corrected chi connectivity index (χ3v) is 4.07. The predicted molar refractivity (Wildman–Crippen MR) is 61.8 cm³/mol. The van der Waals surface area contributed by atoms with Crippen LogP contribution in [0.25, 0.3) is 0 Å². The maximum Gasteiger partial charge on any atom is 0.233 e. The van der Waals surface area contributed by atoms with Gasteiger partial charge in [0, 0.05) is 6.54 Å². The van der Waals surface area contributed by atoms with Gasteiger partial charge in [-0.25, -0.2) is 0 Å². The number of rotatable bonds is 4. The number of fused-ring (bicyclic) bond motifs is 1. The van der Waals surface area contributed by atoms with E-state index in [0.29, 0.717) is 5.92 Å². The van der Waals surface area contributed by atoms with E-state index >= 15 is 0 Å². The van der Waals surface area contributed by atoms with E-state index in [9.17, 15) is 14.7 Å². The Morgan fingerprint density at radius 1 is 1.35 bits per heavy atom. The number of nitrogens with two attached hydrogens (primary N) is 1. The lowest BCUT2D eigenvalue weighted by molar-refractivity contribution is -0.142. The molecule has 1 aliphatic heterocycles. The molecule has 0 aromatic carbocycles. The maximum absolute atomic E-state index is 12.1. The van der Waals surface area contributed by atoms with E-state index < -0.39 is 6.10 Å². The fraction of sp³-hybridized carbons (Fsp3) is 0.833. The van der Waals surface area contributed by atoms with Crippen molar-refractivity contribution in [2.75, 3.05) is 13.1 Å². The fourth-order valence-electron chi connectivity index (χ4n) is 3.00. The summed E-state index contributed by atoms with van der Waals surface area (Å²) in [6, 6.07) is 0. The average molecular weight is 240 g/mol. The number of carbonyl (C=O) groups excluding carboxylic acids is 2. The zero-order valence-corrected chi connectivity index (χ0v) is 10.1. The zero-order chi connectivity index (χ0) is 12.6. The SMILES string of the molecule is CCC1CC2C(=O)N(CC(O)CN)C(=O)C2C1. The van der Waals surface area contributed by atoms with Crippen molar-refractivity contribution < 1.29 is 14.7 Å². The number of hydrogen-bond donors (Lipinski definition) is 2. The molecule has 17 heavy (non-hydrogen) atoms. The van der Waals surface area contributed by atoms with Crippen LogP contribution in [0.4, 0.5) is 0 Å². The average Bonchev–Trinajstić information content (AvgIpc) is 2.85. The Bertz CT molecular complexity index is 308. The first-order valence-electron chi connectivity index (χ1n) is 6.31. The maximum atomic E-state index is 12.1. The number of aliphatic hydroxyl groups excluding tert-OH is 1. The lowest BCUT2D eigenvalue weighted by Crippen LogP contribution is -2.41. The number of carbonyl (C=O) groups is 2. The second-order valence-corrected chi connectivity index (χ2v) is 5.14. The Morgan fingerprint density at radius 3 is 2.29 bits per heavy atom. The van der Waals surface area contributed by atoms with Gasteiger partial charge < -0.3 is 10.8 Å². The third kappa shape index (κ3) is 2.09. The molecule has 3 atom stereocenters. The molecule has 1 aliphatic carbocycles. The molecule has 5 heteroatoms. The van der Waals surface area contributed by atoms with Gasteiger partial charge in [0.25, 0.3) is 0 Å². The molecule has 2 rings (SSSR count). The van der Waals surface area contributed by atoms with E-state index in [-0.39, 0.29) is 36.7 Å². The second-order valence-electron chi connectivity index (χ2n) is 5.14. The van der Waals surface area contributed by atoms with E-state index in [0.717, 1.165) is 19.3 Å². The number of amides is 2. The molecular formula is C12H20N2O3. The van der Waals surface area contributed by atoms with Crippen LogP contribution in [-0.2, 0) is 9.59 Å². The first kappa shape index (κ1) is 12.5. The van der Waals surface area contributed by atoms with E-state index in [2.05, 4.69) is 6.92 Å². The minimum absolute atomic E-state index is 0.0535. The fourth-order valence-corrected chi connectivity index (χ4v) is 3.00. The first-order chi connectivity index (χ1) is 8.08. The van der Waals surface area contributed by atoms with Crippen molar-refractivity contribution in [3.63, 3.8) is 0 Å². The van der Waals surface area contributed by atoms with Gasteiger partial charge in [0.05, 0.1) is 24.5 Å². The van der Waals surface area contributed by atoms with Crippen molar-refractivity contribution >= 4 is 11.8 Å². The molecule has 1 heterocycles. The van der Waals surface area contributed by atoms with Crippen molar-refractivity contribution in [1.29, 1.82) is 0 Å². The molecule has 2 amide bonds. The monoisotopic (exact) mass is 240 g/mol. The number of likely N-dealkylation sites (tertiary alicyclic amines) is 1. The molecule has 2 fully saturated rings. The van der Waals surface area contributed by atoms with Gasteiger partial charge in [0.1, 0.15) is 0 Å². The zero-order valence-electron chi connectivity index (χ0n) is 10.1. The summed E-state index contributed by atoms with van der Waals surface area (Å²) >= 11 is 0. The highest BCUT2D eigenvalue weighted by Gasteiger charge is 2.52. The van der Waals surface area contributed by atoms with Crippen LogP contribution in [0.3, 0.4) is 0 Å². The standard InChI is InChI=1S/C12H20N2O3/c1-2-7-3-9-10(4-7)12(17)14(11(9)16)6-8(15)5-13/h7-10,15H,2-6,13H2,1H3. The molecule has 2 aliphatic rings. The van der Waals surface area contributed by atoms with Crippen molar-refractivity contribution in [3.05, 3.63) is 0 Å². The van der Waals surface area contributed by atoms with E-state index in [4.69, 9.17) is 5.73 Å². The van der Waals surface area contributed by atoms with Gasteiger partial charge in [-0.15, -0.1) is 0 Å².